The molecule has 192 valence electrons. The van der Waals surface area contributed by atoms with Gasteiger partial charge in [0.1, 0.15) is 0 Å². The van der Waals surface area contributed by atoms with E-state index in [0.717, 1.165) is 6.42 Å². The highest BCUT2D eigenvalue weighted by atomic mass is 15.0. The fraction of sp³-hybridized carbons (Fsp3) is 0.719. The van der Waals surface area contributed by atoms with Crippen molar-refractivity contribution in [2.45, 2.75) is 142 Å². The number of hydrogen-bond acceptors (Lipinski definition) is 1. The summed E-state index contributed by atoms with van der Waals surface area (Å²) in [7, 11) is 0. The van der Waals surface area contributed by atoms with Crippen molar-refractivity contribution >= 4 is 0 Å². The second-order valence-electron chi connectivity index (χ2n) is 10.8. The lowest BCUT2D eigenvalue weighted by atomic mass is 9.80. The molecule has 0 aliphatic carbocycles. The maximum atomic E-state index is 4.31. The van der Waals surface area contributed by atoms with Gasteiger partial charge in [0.25, 0.3) is 0 Å². The molecule has 0 bridgehead atoms. The Labute approximate surface area is 212 Å². The Kier molecular flexibility index (Phi) is 15.0. The topological polar surface area (TPSA) is 17.8 Å². The van der Waals surface area contributed by atoms with E-state index in [1.807, 2.05) is 12.5 Å². The lowest BCUT2D eigenvalue weighted by molar-refractivity contribution is 0.432. The van der Waals surface area contributed by atoms with E-state index in [-0.39, 0.29) is 0 Å². The van der Waals surface area contributed by atoms with Crippen molar-refractivity contribution in [1.82, 2.24) is 9.55 Å². The van der Waals surface area contributed by atoms with Gasteiger partial charge < -0.3 is 4.57 Å². The van der Waals surface area contributed by atoms with Gasteiger partial charge in [0.05, 0.1) is 12.4 Å². The third-order valence-electron chi connectivity index (χ3n) is 7.70. The summed E-state index contributed by atoms with van der Waals surface area (Å²) in [4.78, 5) is 4.31. The molecule has 1 unspecified atom stereocenters. The molecular formula is C32H54N2. The van der Waals surface area contributed by atoms with Crippen LogP contribution in [0.1, 0.15) is 154 Å². The molecule has 1 aromatic carbocycles. The van der Waals surface area contributed by atoms with E-state index in [1.165, 1.54) is 102 Å². The summed E-state index contributed by atoms with van der Waals surface area (Å²) < 4.78 is 2.28. The normalized spacial score (nSPS) is 13.4. The zero-order chi connectivity index (χ0) is 24.4. The fourth-order valence-corrected chi connectivity index (χ4v) is 5.60. The molecule has 0 spiro atoms. The molecule has 0 N–H and O–H groups in total. The van der Waals surface area contributed by atoms with Crippen molar-refractivity contribution in [3.8, 4) is 0 Å². The standard InChI is InChI=1S/C32H54N2/c1-5-7-8-9-10-11-12-13-14-15-16-17-18-19-22-29(28(3)4)30-23-20-21-24-31(30)32(6-2)34-26-25-33-27-34/h20-21,23-29,32H,5-19,22H2,1-4H3/t29-,32?/m0/s1. The minimum Gasteiger partial charge on any atom is -0.330 e. The number of aromatic nitrogens is 2. The van der Waals surface area contributed by atoms with Crippen LogP contribution in [0, 0.1) is 5.92 Å². The number of hydrogen-bond donors (Lipinski definition) is 0. The SMILES string of the molecule is CCCCCCCCCCCCCCCC[C@H](c1ccccc1C(CC)n1ccnc1)C(C)C. The largest absolute Gasteiger partial charge is 0.330 e. The van der Waals surface area contributed by atoms with Crippen molar-refractivity contribution in [3.63, 3.8) is 0 Å². The monoisotopic (exact) mass is 466 g/mol. The molecule has 0 saturated heterocycles. The number of benzene rings is 1. The highest BCUT2D eigenvalue weighted by molar-refractivity contribution is 5.34. The summed E-state index contributed by atoms with van der Waals surface area (Å²) in [5, 5.41) is 0. The maximum absolute atomic E-state index is 4.31. The molecule has 1 aromatic heterocycles. The summed E-state index contributed by atoms with van der Waals surface area (Å²) in [6.45, 7) is 9.40. The van der Waals surface area contributed by atoms with Gasteiger partial charge in [0, 0.05) is 12.4 Å². The van der Waals surface area contributed by atoms with Crippen LogP contribution in [0.25, 0.3) is 0 Å². The van der Waals surface area contributed by atoms with Crippen LogP contribution < -0.4 is 0 Å². The molecule has 2 heteroatoms. The van der Waals surface area contributed by atoms with E-state index in [2.05, 4.69) is 67.7 Å². The molecule has 0 fully saturated rings. The van der Waals surface area contributed by atoms with Crippen LogP contribution in [0.2, 0.25) is 0 Å². The second kappa shape index (κ2) is 17.8. The summed E-state index contributed by atoms with van der Waals surface area (Å²) in [6, 6.07) is 9.58. The molecular weight excluding hydrogens is 412 g/mol. The Morgan fingerprint density at radius 3 is 1.71 bits per heavy atom. The predicted molar refractivity (Wildman–Crippen MR) is 150 cm³/mol. The number of nitrogens with zero attached hydrogens (tertiary/aromatic N) is 2. The molecule has 2 rings (SSSR count). The predicted octanol–water partition coefficient (Wildman–Crippen LogP) is 10.5. The molecule has 0 amide bonds. The first kappa shape index (κ1) is 28.7. The average molecular weight is 467 g/mol. The van der Waals surface area contributed by atoms with Gasteiger partial charge in [0.15, 0.2) is 0 Å². The fourth-order valence-electron chi connectivity index (χ4n) is 5.60. The first-order chi connectivity index (χ1) is 16.7. The summed E-state index contributed by atoms with van der Waals surface area (Å²) in [5.41, 5.74) is 3.06. The Hall–Kier alpha value is -1.57. The second-order valence-corrected chi connectivity index (χ2v) is 10.8. The Morgan fingerprint density at radius 1 is 0.706 bits per heavy atom. The van der Waals surface area contributed by atoms with Crippen LogP contribution in [0.5, 0.6) is 0 Å². The van der Waals surface area contributed by atoms with Crippen molar-refractivity contribution in [2.24, 2.45) is 5.92 Å². The van der Waals surface area contributed by atoms with Crippen molar-refractivity contribution in [3.05, 3.63) is 54.1 Å². The molecule has 0 aliphatic rings. The summed E-state index contributed by atoms with van der Waals surface area (Å²) in [6.07, 6.45) is 28.4. The van der Waals surface area contributed by atoms with Crippen molar-refractivity contribution in [1.29, 1.82) is 0 Å². The Morgan fingerprint density at radius 2 is 1.24 bits per heavy atom. The quantitative estimate of drug-likeness (QED) is 0.177. The van der Waals surface area contributed by atoms with Crippen LogP contribution in [0.4, 0.5) is 0 Å². The first-order valence-corrected chi connectivity index (χ1v) is 14.7. The van der Waals surface area contributed by atoms with Crippen LogP contribution in [-0.4, -0.2) is 9.55 Å². The number of rotatable bonds is 20. The van der Waals surface area contributed by atoms with Gasteiger partial charge in [-0.2, -0.15) is 0 Å². The highest BCUT2D eigenvalue weighted by Crippen LogP contribution is 2.36. The molecule has 1 heterocycles. The van der Waals surface area contributed by atoms with Crippen LogP contribution in [0.15, 0.2) is 43.0 Å². The minimum absolute atomic E-state index is 0.385. The maximum Gasteiger partial charge on any atom is 0.0951 e. The van der Waals surface area contributed by atoms with Crippen molar-refractivity contribution < 1.29 is 0 Å². The van der Waals surface area contributed by atoms with Crippen LogP contribution >= 0.6 is 0 Å². The molecule has 2 aromatic rings. The van der Waals surface area contributed by atoms with E-state index < -0.39 is 0 Å². The molecule has 2 nitrogen and oxygen atoms in total. The van der Waals surface area contributed by atoms with E-state index in [1.54, 1.807) is 5.56 Å². The molecule has 0 radical (unpaired) electrons. The smallest absolute Gasteiger partial charge is 0.0951 e. The van der Waals surface area contributed by atoms with Gasteiger partial charge in [0.2, 0.25) is 0 Å². The van der Waals surface area contributed by atoms with Gasteiger partial charge in [-0.15, -0.1) is 0 Å². The first-order valence-electron chi connectivity index (χ1n) is 14.7. The van der Waals surface area contributed by atoms with Crippen LogP contribution in [0.3, 0.4) is 0 Å². The number of unbranched alkanes of at least 4 members (excludes halogenated alkanes) is 13. The Bertz CT molecular complexity index is 718. The van der Waals surface area contributed by atoms with Gasteiger partial charge >= 0.3 is 0 Å². The lowest BCUT2D eigenvalue weighted by Gasteiger charge is -2.28. The summed E-state index contributed by atoms with van der Waals surface area (Å²) >= 11 is 0. The zero-order valence-corrected chi connectivity index (χ0v) is 23.0. The molecule has 34 heavy (non-hydrogen) atoms. The van der Waals surface area contributed by atoms with Gasteiger partial charge in [-0.25, -0.2) is 4.98 Å². The lowest BCUT2D eigenvalue weighted by Crippen LogP contribution is -2.15. The third-order valence-corrected chi connectivity index (χ3v) is 7.70. The minimum atomic E-state index is 0.385. The summed E-state index contributed by atoms with van der Waals surface area (Å²) in [5.74, 6) is 1.31. The average Bonchev–Trinajstić information content (AvgIpc) is 3.37. The molecule has 0 saturated carbocycles. The van der Waals surface area contributed by atoms with Gasteiger partial charge in [-0.1, -0.05) is 142 Å². The van der Waals surface area contributed by atoms with E-state index in [4.69, 9.17) is 0 Å². The number of imidazole rings is 1. The Balaban J connectivity index is 1.69. The van der Waals surface area contributed by atoms with E-state index >= 15 is 0 Å². The highest BCUT2D eigenvalue weighted by Gasteiger charge is 2.22. The third kappa shape index (κ3) is 10.4. The molecule has 2 atom stereocenters. The van der Waals surface area contributed by atoms with Crippen molar-refractivity contribution in [2.75, 3.05) is 0 Å². The molecule has 0 aliphatic heterocycles. The van der Waals surface area contributed by atoms with Gasteiger partial charge in [-0.05, 0) is 35.8 Å². The van der Waals surface area contributed by atoms with E-state index in [0.29, 0.717) is 17.9 Å². The zero-order valence-electron chi connectivity index (χ0n) is 23.0. The van der Waals surface area contributed by atoms with Gasteiger partial charge in [-0.3, -0.25) is 0 Å². The van der Waals surface area contributed by atoms with Crippen LogP contribution in [-0.2, 0) is 0 Å². The van der Waals surface area contributed by atoms with E-state index in [9.17, 15) is 0 Å².